The van der Waals surface area contributed by atoms with Gasteiger partial charge < -0.3 is 25.8 Å². The molecule has 1 aromatic rings. The average Bonchev–Trinajstić information content (AvgIpc) is 3.31. The van der Waals surface area contributed by atoms with Crippen molar-refractivity contribution in [3.05, 3.63) is 29.8 Å². The summed E-state index contributed by atoms with van der Waals surface area (Å²) in [5, 5.41) is 12.1. The first kappa shape index (κ1) is 26.6. The number of benzene rings is 1. The van der Waals surface area contributed by atoms with Crippen LogP contribution in [0, 0.1) is 29.6 Å². The molecule has 2 amide bonds. The first-order valence-corrected chi connectivity index (χ1v) is 13.6. The van der Waals surface area contributed by atoms with Crippen LogP contribution in [0.1, 0.15) is 68.6 Å². The minimum atomic E-state index is -1.01. The molecule has 4 atom stereocenters. The van der Waals surface area contributed by atoms with Crippen molar-refractivity contribution >= 4 is 23.5 Å². The van der Waals surface area contributed by atoms with E-state index in [2.05, 4.69) is 12.2 Å². The minimum Gasteiger partial charge on any atom is -0.478 e. The lowest BCUT2D eigenvalue weighted by Gasteiger charge is -2.33. The van der Waals surface area contributed by atoms with Crippen LogP contribution in [-0.4, -0.2) is 60.1 Å². The number of hydrogen-bond donors (Lipinski definition) is 3. The van der Waals surface area contributed by atoms with E-state index in [-0.39, 0.29) is 29.2 Å². The third kappa shape index (κ3) is 6.27. The highest BCUT2D eigenvalue weighted by Crippen LogP contribution is 2.40. The third-order valence-electron chi connectivity index (χ3n) is 8.73. The summed E-state index contributed by atoms with van der Waals surface area (Å²) in [6, 6.07) is 5.65. The number of carbonyl (C=O) groups is 3. The Hall–Kier alpha value is -2.45. The van der Waals surface area contributed by atoms with Gasteiger partial charge in [0.25, 0.3) is 0 Å². The Bertz CT molecular complexity index is 912. The van der Waals surface area contributed by atoms with E-state index in [1.807, 2.05) is 4.90 Å². The van der Waals surface area contributed by atoms with Crippen LogP contribution >= 0.6 is 0 Å². The Kier molecular flexibility index (Phi) is 9.01. The molecule has 0 spiro atoms. The Balaban J connectivity index is 1.50. The van der Waals surface area contributed by atoms with Gasteiger partial charge in [-0.3, -0.25) is 9.59 Å². The Morgan fingerprint density at radius 1 is 1.06 bits per heavy atom. The van der Waals surface area contributed by atoms with Crippen LogP contribution in [0.15, 0.2) is 24.3 Å². The van der Waals surface area contributed by atoms with Gasteiger partial charge in [-0.25, -0.2) is 4.79 Å². The maximum Gasteiger partial charge on any atom is 0.335 e. The molecule has 0 bridgehead atoms. The number of rotatable bonds is 6. The predicted octanol–water partition coefficient (Wildman–Crippen LogP) is 3.76. The van der Waals surface area contributed by atoms with Gasteiger partial charge in [-0.1, -0.05) is 6.92 Å². The number of nitrogens with two attached hydrogens (primary N) is 1. The van der Waals surface area contributed by atoms with Gasteiger partial charge in [0.1, 0.15) is 6.04 Å². The van der Waals surface area contributed by atoms with Crippen LogP contribution in [0.25, 0.3) is 0 Å². The fourth-order valence-electron chi connectivity index (χ4n) is 6.46. The summed E-state index contributed by atoms with van der Waals surface area (Å²) >= 11 is 0. The number of ether oxygens (including phenoxy) is 1. The molecule has 8 nitrogen and oxygen atoms in total. The highest BCUT2D eigenvalue weighted by Gasteiger charge is 2.45. The van der Waals surface area contributed by atoms with Crippen molar-refractivity contribution in [3.8, 4) is 0 Å². The molecule has 3 aliphatic rings. The number of aromatic carboxylic acids is 1. The Morgan fingerprint density at radius 2 is 1.78 bits per heavy atom. The molecule has 2 aliphatic heterocycles. The van der Waals surface area contributed by atoms with Crippen molar-refractivity contribution in [3.63, 3.8) is 0 Å². The van der Waals surface area contributed by atoms with Crippen LogP contribution in [0.5, 0.6) is 0 Å². The first-order chi connectivity index (χ1) is 17.4. The second-order valence-electron chi connectivity index (χ2n) is 11.0. The van der Waals surface area contributed by atoms with Crippen molar-refractivity contribution in [1.82, 2.24) is 4.90 Å². The van der Waals surface area contributed by atoms with E-state index in [4.69, 9.17) is 15.6 Å². The fourth-order valence-corrected chi connectivity index (χ4v) is 6.46. The summed E-state index contributed by atoms with van der Waals surface area (Å²) in [4.78, 5) is 40.3. The lowest BCUT2D eigenvalue weighted by molar-refractivity contribution is -0.141. The highest BCUT2D eigenvalue weighted by atomic mass is 16.5. The molecule has 0 aromatic heterocycles. The van der Waals surface area contributed by atoms with Crippen LogP contribution in [0.3, 0.4) is 0 Å². The molecule has 198 valence electrons. The molecule has 36 heavy (non-hydrogen) atoms. The number of nitrogens with zero attached hydrogens (tertiary/aromatic N) is 1. The molecule has 4 rings (SSSR count). The smallest absolute Gasteiger partial charge is 0.335 e. The molecule has 0 radical (unpaired) electrons. The van der Waals surface area contributed by atoms with E-state index in [1.54, 1.807) is 12.1 Å². The third-order valence-corrected chi connectivity index (χ3v) is 8.73. The molecule has 2 heterocycles. The zero-order valence-electron chi connectivity index (χ0n) is 21.4. The van der Waals surface area contributed by atoms with Crippen molar-refractivity contribution in [2.45, 2.75) is 64.3 Å². The summed E-state index contributed by atoms with van der Waals surface area (Å²) in [7, 11) is 0. The predicted molar refractivity (Wildman–Crippen MR) is 137 cm³/mol. The minimum absolute atomic E-state index is 0.0418. The van der Waals surface area contributed by atoms with Gasteiger partial charge in [0.2, 0.25) is 11.8 Å². The number of carbonyl (C=O) groups excluding carboxylic acids is 2. The van der Waals surface area contributed by atoms with Crippen molar-refractivity contribution < 1.29 is 24.2 Å². The lowest BCUT2D eigenvalue weighted by Crippen LogP contribution is -2.46. The molecule has 1 saturated carbocycles. The molecule has 3 fully saturated rings. The zero-order valence-corrected chi connectivity index (χ0v) is 21.4. The lowest BCUT2D eigenvalue weighted by atomic mass is 9.76. The highest BCUT2D eigenvalue weighted by molar-refractivity contribution is 5.98. The molecule has 1 aromatic carbocycles. The second kappa shape index (κ2) is 12.2. The zero-order chi connectivity index (χ0) is 25.7. The van der Waals surface area contributed by atoms with Crippen LogP contribution in [0.4, 0.5) is 5.69 Å². The van der Waals surface area contributed by atoms with Gasteiger partial charge in [0.15, 0.2) is 0 Å². The molecular formula is C28H41N3O5. The van der Waals surface area contributed by atoms with E-state index < -0.39 is 12.0 Å². The van der Waals surface area contributed by atoms with Gasteiger partial charge in [-0.05, 0) is 106 Å². The summed E-state index contributed by atoms with van der Waals surface area (Å²) in [6.45, 7) is 5.12. The summed E-state index contributed by atoms with van der Waals surface area (Å²) in [5.74, 6) is 0.593. The summed E-state index contributed by atoms with van der Waals surface area (Å²) < 4.78 is 5.69. The van der Waals surface area contributed by atoms with Crippen molar-refractivity contribution in [2.75, 3.05) is 31.6 Å². The van der Waals surface area contributed by atoms with Gasteiger partial charge in [0, 0.05) is 31.4 Å². The number of anilines is 1. The number of hydrogen-bond acceptors (Lipinski definition) is 5. The number of amides is 2. The van der Waals surface area contributed by atoms with Gasteiger partial charge in [0.05, 0.1) is 5.56 Å². The first-order valence-electron chi connectivity index (χ1n) is 13.6. The molecule has 4 unspecified atom stereocenters. The second-order valence-corrected chi connectivity index (χ2v) is 11.0. The quantitative estimate of drug-likeness (QED) is 0.548. The normalized spacial score (nSPS) is 31.3. The summed E-state index contributed by atoms with van der Waals surface area (Å²) in [6.07, 6.45) is 7.35. The van der Waals surface area contributed by atoms with Gasteiger partial charge >= 0.3 is 5.97 Å². The number of carboxylic acid groups (broad SMARTS) is 1. The monoisotopic (exact) mass is 499 g/mol. The topological polar surface area (TPSA) is 122 Å². The number of nitrogens with one attached hydrogen (secondary N) is 1. The Labute approximate surface area is 213 Å². The average molecular weight is 500 g/mol. The SMILES string of the molecule is CC1CCOCCCC1C1CC(C(=O)Nc2ccc(C(=O)O)cc2)N(C(=O)[C@H]2CC[C@H](CN)CC2)C1. The van der Waals surface area contributed by atoms with Gasteiger partial charge in [-0.2, -0.15) is 0 Å². The Morgan fingerprint density at radius 3 is 2.44 bits per heavy atom. The van der Waals surface area contributed by atoms with Gasteiger partial charge in [-0.15, -0.1) is 0 Å². The van der Waals surface area contributed by atoms with E-state index in [0.29, 0.717) is 43.0 Å². The van der Waals surface area contributed by atoms with E-state index in [1.165, 1.54) is 12.1 Å². The molecule has 8 heteroatoms. The van der Waals surface area contributed by atoms with Crippen molar-refractivity contribution in [2.24, 2.45) is 35.3 Å². The molecule has 4 N–H and O–H groups in total. The fraction of sp³-hybridized carbons (Fsp3) is 0.679. The molecule has 1 aliphatic carbocycles. The largest absolute Gasteiger partial charge is 0.478 e. The van der Waals surface area contributed by atoms with Crippen LogP contribution in [0.2, 0.25) is 0 Å². The maximum absolute atomic E-state index is 13.7. The van der Waals surface area contributed by atoms with Crippen molar-refractivity contribution in [1.29, 1.82) is 0 Å². The van der Waals surface area contributed by atoms with E-state index in [0.717, 1.165) is 58.2 Å². The van der Waals surface area contributed by atoms with E-state index >= 15 is 0 Å². The molecular weight excluding hydrogens is 458 g/mol. The van der Waals surface area contributed by atoms with Crippen LogP contribution < -0.4 is 11.1 Å². The number of likely N-dealkylation sites (tertiary alicyclic amines) is 1. The standard InChI is InChI=1S/C28H41N3O5/c1-18-12-14-36-13-2-3-24(18)22-15-25(26(32)30-23-10-8-21(9-11-23)28(34)35)31(17-22)27(33)20-6-4-19(16-29)5-7-20/h8-11,18-20,22,24-25H,2-7,12-17,29H2,1H3,(H,30,32)(H,34,35)/t18?,19-,20-,22?,24?,25?. The maximum atomic E-state index is 13.7. The van der Waals surface area contributed by atoms with Crippen LogP contribution in [-0.2, 0) is 14.3 Å². The summed E-state index contributed by atoms with van der Waals surface area (Å²) in [5.41, 5.74) is 6.57. The van der Waals surface area contributed by atoms with E-state index in [9.17, 15) is 14.4 Å². The number of carboxylic acids is 1. The molecule has 2 saturated heterocycles.